The summed E-state index contributed by atoms with van der Waals surface area (Å²) in [5.74, 6) is 2.14. The van der Waals surface area contributed by atoms with Crippen molar-refractivity contribution in [1.29, 1.82) is 0 Å². The fraction of sp³-hybridized carbons (Fsp3) is 0.625. The lowest BCUT2D eigenvalue weighted by Gasteiger charge is -2.14. The molecule has 1 fully saturated rings. The molecule has 2 unspecified atom stereocenters. The van der Waals surface area contributed by atoms with E-state index >= 15 is 0 Å². The Bertz CT molecular complexity index is 518. The first-order valence-electron chi connectivity index (χ1n) is 7.67. The number of hydrogen-bond acceptors (Lipinski definition) is 4. The van der Waals surface area contributed by atoms with Crippen LogP contribution in [0, 0.1) is 5.92 Å². The van der Waals surface area contributed by atoms with Crippen LogP contribution >= 0.6 is 0 Å². The van der Waals surface area contributed by atoms with Crippen LogP contribution < -0.4 is 0 Å². The Morgan fingerprint density at radius 3 is 3.05 bits per heavy atom. The van der Waals surface area contributed by atoms with Gasteiger partial charge in [0, 0.05) is 5.57 Å². The van der Waals surface area contributed by atoms with Gasteiger partial charge in [0.05, 0.1) is 6.04 Å². The lowest BCUT2D eigenvalue weighted by atomic mass is 10.0. The minimum atomic E-state index is 0.307. The molecule has 20 heavy (non-hydrogen) atoms. The van der Waals surface area contributed by atoms with Crippen molar-refractivity contribution in [3.8, 4) is 0 Å². The molecule has 0 amide bonds. The topological polar surface area (TPSA) is 42.2 Å². The van der Waals surface area contributed by atoms with Crippen molar-refractivity contribution in [1.82, 2.24) is 15.1 Å². The Morgan fingerprint density at radius 1 is 1.40 bits per heavy atom. The molecule has 4 heteroatoms. The summed E-state index contributed by atoms with van der Waals surface area (Å²) in [6, 6.07) is 0.307. The summed E-state index contributed by atoms with van der Waals surface area (Å²) in [4.78, 5) is 2.30. The molecule has 4 nitrogen and oxygen atoms in total. The molecule has 2 aliphatic rings. The molecule has 0 radical (unpaired) electrons. The Morgan fingerprint density at radius 2 is 2.30 bits per heavy atom. The fourth-order valence-corrected chi connectivity index (χ4v) is 3.04. The number of nitrogens with zero attached hydrogens (tertiary/aromatic N) is 3. The first kappa shape index (κ1) is 13.6. The van der Waals surface area contributed by atoms with Gasteiger partial charge in [0.25, 0.3) is 0 Å². The summed E-state index contributed by atoms with van der Waals surface area (Å²) in [5, 5.41) is 8.54. The van der Waals surface area contributed by atoms with E-state index in [1.54, 1.807) is 0 Å². The lowest BCUT2D eigenvalue weighted by molar-refractivity contribution is 0.266. The first-order valence-corrected chi connectivity index (χ1v) is 7.67. The molecule has 0 N–H and O–H groups in total. The minimum absolute atomic E-state index is 0.307. The van der Waals surface area contributed by atoms with Gasteiger partial charge in [0.15, 0.2) is 0 Å². The maximum atomic E-state index is 5.94. The van der Waals surface area contributed by atoms with E-state index in [0.717, 1.165) is 31.7 Å². The van der Waals surface area contributed by atoms with E-state index in [4.69, 9.17) is 4.42 Å². The van der Waals surface area contributed by atoms with Crippen LogP contribution in [-0.2, 0) is 0 Å². The predicted octanol–water partition coefficient (Wildman–Crippen LogP) is 3.60. The van der Waals surface area contributed by atoms with Crippen molar-refractivity contribution in [2.24, 2.45) is 5.92 Å². The molecule has 0 spiro atoms. The Balaban J connectivity index is 1.76. The SMILES string of the molecule is CCC1C=CCC(c2nnc(C3CCCN3C)o2)=CC1. The van der Waals surface area contributed by atoms with E-state index in [1.807, 2.05) is 0 Å². The lowest BCUT2D eigenvalue weighted by Crippen LogP contribution is -2.17. The maximum Gasteiger partial charge on any atom is 0.243 e. The molecule has 1 saturated heterocycles. The highest BCUT2D eigenvalue weighted by Gasteiger charge is 2.28. The zero-order valence-electron chi connectivity index (χ0n) is 12.4. The van der Waals surface area contributed by atoms with Crippen LogP contribution in [0.25, 0.3) is 5.57 Å². The number of aromatic nitrogens is 2. The van der Waals surface area contributed by atoms with E-state index in [0.29, 0.717) is 17.9 Å². The molecule has 1 aromatic heterocycles. The van der Waals surface area contributed by atoms with Crippen LogP contribution in [0.1, 0.15) is 56.9 Å². The number of rotatable bonds is 3. The molecule has 1 aromatic rings. The fourth-order valence-electron chi connectivity index (χ4n) is 3.04. The van der Waals surface area contributed by atoms with E-state index in [1.165, 1.54) is 18.4 Å². The average Bonchev–Trinajstić information content (AvgIpc) is 3.02. The normalized spacial score (nSPS) is 27.6. The standard InChI is InChI=1S/C16H23N3O/c1-3-12-6-4-7-13(10-9-12)15-17-18-16(20-15)14-8-5-11-19(14)2/h4,6,10,12,14H,3,5,7-9,11H2,1-2H3. The van der Waals surface area contributed by atoms with Crippen LogP contribution in [-0.4, -0.2) is 28.7 Å². The van der Waals surface area contributed by atoms with Gasteiger partial charge in [0.2, 0.25) is 11.8 Å². The van der Waals surface area contributed by atoms with Gasteiger partial charge < -0.3 is 4.42 Å². The van der Waals surface area contributed by atoms with Crippen LogP contribution in [0.5, 0.6) is 0 Å². The largest absolute Gasteiger partial charge is 0.419 e. The molecule has 108 valence electrons. The van der Waals surface area contributed by atoms with Crippen molar-refractivity contribution in [2.45, 2.75) is 45.1 Å². The van der Waals surface area contributed by atoms with Gasteiger partial charge in [-0.05, 0) is 51.6 Å². The van der Waals surface area contributed by atoms with Crippen LogP contribution in [0.4, 0.5) is 0 Å². The molecule has 0 aromatic carbocycles. The number of hydrogen-bond donors (Lipinski definition) is 0. The van der Waals surface area contributed by atoms with Gasteiger partial charge in [-0.25, -0.2) is 0 Å². The minimum Gasteiger partial charge on any atom is -0.419 e. The van der Waals surface area contributed by atoms with Crippen molar-refractivity contribution in [3.05, 3.63) is 30.0 Å². The summed E-state index contributed by atoms with van der Waals surface area (Å²) in [7, 11) is 2.13. The molecule has 1 aliphatic carbocycles. The Labute approximate surface area is 120 Å². The second-order valence-corrected chi connectivity index (χ2v) is 5.85. The molecular weight excluding hydrogens is 250 g/mol. The van der Waals surface area contributed by atoms with E-state index in [-0.39, 0.29) is 0 Å². The summed E-state index contributed by atoms with van der Waals surface area (Å²) in [5.41, 5.74) is 1.18. The van der Waals surface area contributed by atoms with Crippen molar-refractivity contribution in [3.63, 3.8) is 0 Å². The molecule has 0 saturated carbocycles. The quantitative estimate of drug-likeness (QED) is 0.789. The third-order valence-electron chi connectivity index (χ3n) is 4.46. The molecule has 1 aliphatic heterocycles. The van der Waals surface area contributed by atoms with Crippen LogP contribution in [0.3, 0.4) is 0 Å². The highest BCUT2D eigenvalue weighted by atomic mass is 16.4. The van der Waals surface area contributed by atoms with Gasteiger partial charge in [-0.2, -0.15) is 0 Å². The third-order valence-corrected chi connectivity index (χ3v) is 4.46. The van der Waals surface area contributed by atoms with Gasteiger partial charge in [-0.1, -0.05) is 25.2 Å². The molecule has 3 rings (SSSR count). The highest BCUT2D eigenvalue weighted by molar-refractivity contribution is 5.60. The Hall–Kier alpha value is -1.42. The van der Waals surface area contributed by atoms with Crippen molar-refractivity contribution >= 4 is 5.57 Å². The first-order chi connectivity index (χ1) is 9.78. The molecule has 0 bridgehead atoms. The van der Waals surface area contributed by atoms with E-state index in [9.17, 15) is 0 Å². The van der Waals surface area contributed by atoms with E-state index < -0.39 is 0 Å². The van der Waals surface area contributed by atoms with Crippen molar-refractivity contribution in [2.75, 3.05) is 13.6 Å². The van der Waals surface area contributed by atoms with Gasteiger partial charge in [0.1, 0.15) is 0 Å². The molecular formula is C16H23N3O. The average molecular weight is 273 g/mol. The summed E-state index contributed by atoms with van der Waals surface area (Å²) >= 11 is 0. The molecule has 2 atom stereocenters. The third kappa shape index (κ3) is 2.70. The van der Waals surface area contributed by atoms with Gasteiger partial charge in [-0.3, -0.25) is 4.90 Å². The van der Waals surface area contributed by atoms with Crippen molar-refractivity contribution < 1.29 is 4.42 Å². The smallest absolute Gasteiger partial charge is 0.243 e. The van der Waals surface area contributed by atoms with E-state index in [2.05, 4.69) is 47.3 Å². The number of allylic oxidation sites excluding steroid dienone is 4. The summed E-state index contributed by atoms with van der Waals surface area (Å²) in [6.07, 6.45) is 12.3. The molecule has 2 heterocycles. The summed E-state index contributed by atoms with van der Waals surface area (Å²) in [6.45, 7) is 3.35. The second-order valence-electron chi connectivity index (χ2n) is 5.85. The zero-order valence-corrected chi connectivity index (χ0v) is 12.4. The highest BCUT2D eigenvalue weighted by Crippen LogP contribution is 2.31. The maximum absolute atomic E-state index is 5.94. The van der Waals surface area contributed by atoms with Crippen LogP contribution in [0.2, 0.25) is 0 Å². The Kier molecular flexibility index (Phi) is 4.01. The summed E-state index contributed by atoms with van der Waals surface area (Å²) < 4.78 is 5.94. The second kappa shape index (κ2) is 5.92. The van der Waals surface area contributed by atoms with Gasteiger partial charge >= 0.3 is 0 Å². The van der Waals surface area contributed by atoms with Gasteiger partial charge in [-0.15, -0.1) is 10.2 Å². The number of likely N-dealkylation sites (tertiary alicyclic amines) is 1. The zero-order chi connectivity index (χ0) is 13.9. The predicted molar refractivity (Wildman–Crippen MR) is 79.0 cm³/mol. The monoisotopic (exact) mass is 273 g/mol. The van der Waals surface area contributed by atoms with Crippen LogP contribution in [0.15, 0.2) is 22.6 Å².